The van der Waals surface area contributed by atoms with Crippen LogP contribution in [0.4, 0.5) is 10.8 Å². The number of hydrogen-bond acceptors (Lipinski definition) is 5. The molecule has 0 aliphatic carbocycles. The average Bonchev–Trinajstić information content (AvgIpc) is 2.77. The Kier molecular flexibility index (Phi) is 4.04. The Morgan fingerprint density at radius 2 is 1.94 bits per heavy atom. The molecule has 96 valence electrons. The van der Waals surface area contributed by atoms with Gasteiger partial charge in [0.25, 0.3) is 0 Å². The minimum absolute atomic E-state index is 0.436. The molecular formula is C13H17N3OS. The van der Waals surface area contributed by atoms with Crippen LogP contribution in [0.5, 0.6) is 5.75 Å². The highest BCUT2D eigenvalue weighted by Gasteiger charge is 2.11. The molecule has 3 N–H and O–H groups in total. The van der Waals surface area contributed by atoms with Gasteiger partial charge in [-0.3, -0.25) is 0 Å². The summed E-state index contributed by atoms with van der Waals surface area (Å²) in [6.07, 6.45) is 1.06. The number of methoxy groups -OCH3 is 1. The fourth-order valence-corrected chi connectivity index (χ4v) is 2.36. The lowest BCUT2D eigenvalue weighted by molar-refractivity contribution is 0.419. The Morgan fingerprint density at radius 3 is 2.56 bits per heavy atom. The average molecular weight is 263 g/mol. The summed E-state index contributed by atoms with van der Waals surface area (Å²) in [5.74, 6) is 1.07. The van der Waals surface area contributed by atoms with Gasteiger partial charge >= 0.3 is 0 Å². The maximum atomic E-state index is 5.69. The molecule has 0 spiro atoms. The molecule has 5 heteroatoms. The van der Waals surface area contributed by atoms with E-state index in [2.05, 4.69) is 40.9 Å². The first-order valence-corrected chi connectivity index (χ1v) is 6.62. The summed E-state index contributed by atoms with van der Waals surface area (Å²) in [7, 11) is 1.60. The summed E-state index contributed by atoms with van der Waals surface area (Å²) in [6.45, 7) is 2.89. The van der Waals surface area contributed by atoms with Gasteiger partial charge in [0.05, 0.1) is 7.11 Å². The Balaban J connectivity index is 2.02. The molecule has 0 fully saturated rings. The van der Waals surface area contributed by atoms with Crippen LogP contribution in [0.25, 0.3) is 0 Å². The van der Waals surface area contributed by atoms with Gasteiger partial charge in [-0.25, -0.2) is 0 Å². The van der Waals surface area contributed by atoms with Crippen LogP contribution in [-0.2, 0) is 13.0 Å². The number of aryl methyl sites for hydroxylation is 1. The van der Waals surface area contributed by atoms with E-state index in [1.807, 2.05) is 0 Å². The van der Waals surface area contributed by atoms with E-state index in [9.17, 15) is 0 Å². The van der Waals surface area contributed by atoms with Crippen LogP contribution in [0.1, 0.15) is 18.1 Å². The summed E-state index contributed by atoms with van der Waals surface area (Å²) < 4.78 is 9.26. The number of benzene rings is 1. The highest BCUT2D eigenvalue weighted by Crippen LogP contribution is 2.34. The van der Waals surface area contributed by atoms with Crippen LogP contribution in [0.3, 0.4) is 0 Å². The number of rotatable bonds is 5. The van der Waals surface area contributed by atoms with Crippen LogP contribution in [-0.4, -0.2) is 11.5 Å². The third-order valence-electron chi connectivity index (χ3n) is 2.76. The van der Waals surface area contributed by atoms with E-state index >= 15 is 0 Å². The monoisotopic (exact) mass is 263 g/mol. The van der Waals surface area contributed by atoms with E-state index < -0.39 is 0 Å². The zero-order valence-electron chi connectivity index (χ0n) is 10.6. The number of nitrogens with two attached hydrogens (primary N) is 1. The minimum atomic E-state index is 0.436. The van der Waals surface area contributed by atoms with Crippen molar-refractivity contribution in [3.8, 4) is 5.75 Å². The van der Waals surface area contributed by atoms with Crippen molar-refractivity contribution in [1.82, 2.24) is 4.37 Å². The maximum Gasteiger partial charge on any atom is 0.197 e. The Morgan fingerprint density at radius 1 is 1.28 bits per heavy atom. The highest BCUT2D eigenvalue weighted by atomic mass is 32.1. The van der Waals surface area contributed by atoms with E-state index in [1.165, 1.54) is 22.7 Å². The summed E-state index contributed by atoms with van der Waals surface area (Å²) in [5, 5.41) is 4.16. The number of nitrogens with zero attached hydrogens (tertiary/aromatic N) is 1. The van der Waals surface area contributed by atoms with Crippen molar-refractivity contribution in [1.29, 1.82) is 0 Å². The van der Waals surface area contributed by atoms with Gasteiger partial charge in [0.2, 0.25) is 0 Å². The van der Waals surface area contributed by atoms with Gasteiger partial charge in [0.15, 0.2) is 16.6 Å². The molecule has 0 atom stereocenters. The molecule has 1 aromatic heterocycles. The van der Waals surface area contributed by atoms with E-state index in [1.54, 1.807) is 7.11 Å². The van der Waals surface area contributed by atoms with Crippen LogP contribution in [0, 0.1) is 0 Å². The molecule has 1 aromatic carbocycles. The van der Waals surface area contributed by atoms with E-state index in [4.69, 9.17) is 10.5 Å². The molecule has 0 saturated heterocycles. The largest absolute Gasteiger partial charge is 0.490 e. The molecule has 4 nitrogen and oxygen atoms in total. The second-order valence-corrected chi connectivity index (χ2v) is 4.73. The fraction of sp³-hybridized carbons (Fsp3) is 0.308. The maximum absolute atomic E-state index is 5.69. The number of nitrogen functional groups attached to an aromatic ring is 1. The molecule has 0 aliphatic heterocycles. The quantitative estimate of drug-likeness (QED) is 0.870. The third kappa shape index (κ3) is 2.73. The van der Waals surface area contributed by atoms with Crippen molar-refractivity contribution in [3.05, 3.63) is 35.4 Å². The molecule has 0 amide bonds. The smallest absolute Gasteiger partial charge is 0.197 e. The van der Waals surface area contributed by atoms with E-state index in [-0.39, 0.29) is 0 Å². The zero-order valence-corrected chi connectivity index (χ0v) is 11.4. The molecule has 0 bridgehead atoms. The van der Waals surface area contributed by atoms with Gasteiger partial charge in [-0.05, 0) is 29.1 Å². The normalized spacial score (nSPS) is 10.3. The van der Waals surface area contributed by atoms with Gasteiger partial charge in [-0.2, -0.15) is 4.37 Å². The lowest BCUT2D eigenvalue weighted by Gasteiger charge is -2.06. The van der Waals surface area contributed by atoms with Crippen molar-refractivity contribution >= 4 is 22.4 Å². The first kappa shape index (κ1) is 12.7. The lowest BCUT2D eigenvalue weighted by Crippen LogP contribution is -2.00. The molecule has 0 radical (unpaired) electrons. The van der Waals surface area contributed by atoms with Crippen molar-refractivity contribution in [2.45, 2.75) is 19.9 Å². The summed E-state index contributed by atoms with van der Waals surface area (Å²) in [4.78, 5) is 0. The van der Waals surface area contributed by atoms with Crippen molar-refractivity contribution < 1.29 is 4.74 Å². The summed E-state index contributed by atoms with van der Waals surface area (Å²) in [6, 6.07) is 8.55. The Hall–Kier alpha value is -1.75. The number of anilines is 2. The third-order valence-corrected chi connectivity index (χ3v) is 3.56. The number of ether oxygens (including phenoxy) is 1. The van der Waals surface area contributed by atoms with Crippen molar-refractivity contribution in [2.24, 2.45) is 0 Å². The van der Waals surface area contributed by atoms with E-state index in [0.29, 0.717) is 11.6 Å². The molecule has 0 aliphatic rings. The predicted molar refractivity (Wildman–Crippen MR) is 76.2 cm³/mol. The number of aromatic nitrogens is 1. The Bertz CT molecular complexity index is 507. The van der Waals surface area contributed by atoms with Gasteiger partial charge < -0.3 is 15.8 Å². The van der Waals surface area contributed by atoms with Gasteiger partial charge in [0.1, 0.15) is 0 Å². The fourth-order valence-electron chi connectivity index (χ4n) is 1.68. The van der Waals surface area contributed by atoms with Crippen LogP contribution < -0.4 is 15.8 Å². The van der Waals surface area contributed by atoms with Crippen LogP contribution >= 0.6 is 11.5 Å². The second-order valence-electron chi connectivity index (χ2n) is 3.95. The molecule has 0 saturated carbocycles. The predicted octanol–water partition coefficient (Wildman–Crippen LogP) is 2.91. The van der Waals surface area contributed by atoms with Crippen molar-refractivity contribution in [3.63, 3.8) is 0 Å². The number of nitrogens with one attached hydrogen (secondary N) is 1. The first-order valence-electron chi connectivity index (χ1n) is 5.85. The summed E-state index contributed by atoms with van der Waals surface area (Å²) in [5.41, 5.74) is 8.26. The molecule has 1 heterocycles. The molecule has 2 aromatic rings. The van der Waals surface area contributed by atoms with Gasteiger partial charge in [-0.1, -0.05) is 31.2 Å². The van der Waals surface area contributed by atoms with Gasteiger partial charge in [-0.15, -0.1) is 0 Å². The first-order chi connectivity index (χ1) is 8.74. The minimum Gasteiger partial charge on any atom is -0.490 e. The zero-order chi connectivity index (χ0) is 13.0. The van der Waals surface area contributed by atoms with Crippen LogP contribution in [0.15, 0.2) is 24.3 Å². The van der Waals surface area contributed by atoms with Crippen LogP contribution in [0.2, 0.25) is 0 Å². The molecule has 2 rings (SSSR count). The molecular weight excluding hydrogens is 246 g/mol. The Labute approximate surface area is 111 Å². The SMILES string of the molecule is CCc1ccc(CNc2snc(N)c2OC)cc1. The topological polar surface area (TPSA) is 60.2 Å². The summed E-state index contributed by atoms with van der Waals surface area (Å²) >= 11 is 1.32. The molecule has 0 unspecified atom stereocenters. The highest BCUT2D eigenvalue weighted by molar-refractivity contribution is 7.11. The van der Waals surface area contributed by atoms with Crippen molar-refractivity contribution in [2.75, 3.05) is 18.2 Å². The number of hydrogen-bond donors (Lipinski definition) is 2. The second kappa shape index (κ2) is 5.73. The van der Waals surface area contributed by atoms with Gasteiger partial charge in [0, 0.05) is 6.54 Å². The van der Waals surface area contributed by atoms with E-state index in [0.717, 1.165) is 18.0 Å². The lowest BCUT2D eigenvalue weighted by atomic mass is 10.1. The molecule has 18 heavy (non-hydrogen) atoms. The standard InChI is InChI=1S/C13H17N3OS/c1-3-9-4-6-10(7-5-9)8-15-13-11(17-2)12(14)16-18-13/h4-7,15H,3,8H2,1-2H3,(H2,14,16).